The predicted octanol–water partition coefficient (Wildman–Crippen LogP) is 2.26. The van der Waals surface area contributed by atoms with Gasteiger partial charge in [0.05, 0.1) is 6.10 Å². The molecule has 2 rings (SSSR count). The molecule has 0 saturated carbocycles. The maximum Gasteiger partial charge on any atom is 0.253 e. The van der Waals surface area contributed by atoms with E-state index in [2.05, 4.69) is 11.8 Å². The number of amides is 1. The van der Waals surface area contributed by atoms with Crippen LogP contribution >= 0.6 is 11.6 Å². The molecule has 0 aromatic heterocycles. The highest BCUT2D eigenvalue weighted by Crippen LogP contribution is 2.15. The number of aliphatic hydroxyl groups excluding tert-OH is 1. The Balaban J connectivity index is 1.76. The highest BCUT2D eigenvalue weighted by atomic mass is 35.5. The van der Waals surface area contributed by atoms with Crippen LogP contribution in [0.5, 0.6) is 0 Å². The molecule has 1 heterocycles. The molecule has 116 valence electrons. The number of benzene rings is 1. The van der Waals surface area contributed by atoms with Crippen molar-refractivity contribution in [2.75, 3.05) is 26.7 Å². The number of likely N-dealkylation sites (tertiary alicyclic amines) is 1. The van der Waals surface area contributed by atoms with Gasteiger partial charge in [0.15, 0.2) is 0 Å². The zero-order valence-corrected chi connectivity index (χ0v) is 13.4. The molecular formula is C16H23ClN2O2. The molecule has 1 amide bonds. The third-order valence-corrected chi connectivity index (χ3v) is 4.36. The first-order valence-electron chi connectivity index (χ1n) is 7.40. The first-order chi connectivity index (χ1) is 9.97. The summed E-state index contributed by atoms with van der Waals surface area (Å²) in [5.74, 6) is 0.0264. The molecule has 0 bridgehead atoms. The van der Waals surface area contributed by atoms with Crippen LogP contribution in [-0.4, -0.2) is 59.6 Å². The van der Waals surface area contributed by atoms with Crippen LogP contribution in [0.4, 0.5) is 0 Å². The lowest BCUT2D eigenvalue weighted by molar-refractivity contribution is 0.000800. The van der Waals surface area contributed by atoms with Gasteiger partial charge in [-0.25, -0.2) is 0 Å². The monoisotopic (exact) mass is 310 g/mol. The minimum absolute atomic E-state index is 0.0264. The molecule has 1 saturated heterocycles. The van der Waals surface area contributed by atoms with Crippen LogP contribution in [-0.2, 0) is 0 Å². The fraction of sp³-hybridized carbons (Fsp3) is 0.562. The fourth-order valence-corrected chi connectivity index (χ4v) is 2.65. The molecule has 1 fully saturated rings. The molecule has 0 radical (unpaired) electrons. The molecule has 1 aromatic carbocycles. The number of halogens is 1. The Morgan fingerprint density at radius 1 is 1.43 bits per heavy atom. The van der Waals surface area contributed by atoms with E-state index in [1.807, 2.05) is 7.05 Å². The fourth-order valence-electron chi connectivity index (χ4n) is 2.53. The van der Waals surface area contributed by atoms with Crippen molar-refractivity contribution in [2.45, 2.75) is 31.9 Å². The van der Waals surface area contributed by atoms with Gasteiger partial charge in [0, 0.05) is 36.8 Å². The third-order valence-electron chi connectivity index (χ3n) is 4.11. The zero-order valence-electron chi connectivity index (χ0n) is 12.6. The van der Waals surface area contributed by atoms with Crippen LogP contribution in [0.25, 0.3) is 0 Å². The van der Waals surface area contributed by atoms with Gasteiger partial charge in [0.2, 0.25) is 0 Å². The summed E-state index contributed by atoms with van der Waals surface area (Å²) in [6, 6.07) is 7.19. The average molecular weight is 311 g/mol. The summed E-state index contributed by atoms with van der Waals surface area (Å²) in [5, 5.41) is 9.87. The maximum atomic E-state index is 12.3. The summed E-state index contributed by atoms with van der Waals surface area (Å²) in [6.07, 6.45) is 1.85. The van der Waals surface area contributed by atoms with Crippen LogP contribution in [0.3, 0.4) is 0 Å². The molecule has 1 atom stereocenters. The van der Waals surface area contributed by atoms with Crippen molar-refractivity contribution in [1.29, 1.82) is 0 Å². The first-order valence-corrected chi connectivity index (χ1v) is 7.78. The molecule has 4 nitrogen and oxygen atoms in total. The van der Waals surface area contributed by atoms with E-state index in [1.54, 1.807) is 29.2 Å². The van der Waals surface area contributed by atoms with Crippen molar-refractivity contribution in [3.8, 4) is 0 Å². The van der Waals surface area contributed by atoms with Crippen LogP contribution in [0.2, 0.25) is 5.02 Å². The van der Waals surface area contributed by atoms with Crippen molar-refractivity contribution in [3.05, 3.63) is 34.9 Å². The highest BCUT2D eigenvalue weighted by Gasteiger charge is 2.24. The largest absolute Gasteiger partial charge is 0.390 e. The lowest BCUT2D eigenvalue weighted by Gasteiger charge is -2.36. The van der Waals surface area contributed by atoms with Gasteiger partial charge < -0.3 is 10.0 Å². The number of hydrogen-bond donors (Lipinski definition) is 1. The van der Waals surface area contributed by atoms with Crippen molar-refractivity contribution in [1.82, 2.24) is 9.80 Å². The van der Waals surface area contributed by atoms with Gasteiger partial charge in [-0.05, 0) is 50.6 Å². The van der Waals surface area contributed by atoms with E-state index in [0.29, 0.717) is 10.6 Å². The number of hydrogen-bond acceptors (Lipinski definition) is 3. The van der Waals surface area contributed by atoms with Crippen LogP contribution in [0.15, 0.2) is 24.3 Å². The Labute approximate surface area is 131 Å². The SMILES string of the molecule is CC(CCCN1CC(O)C1)N(C)C(=O)c1ccc(Cl)cc1. The molecule has 1 aliphatic rings. The molecular weight excluding hydrogens is 288 g/mol. The van der Waals surface area contributed by atoms with Gasteiger partial charge >= 0.3 is 0 Å². The Morgan fingerprint density at radius 2 is 2.05 bits per heavy atom. The summed E-state index contributed by atoms with van der Waals surface area (Å²) in [7, 11) is 1.84. The predicted molar refractivity (Wildman–Crippen MR) is 84.7 cm³/mol. The Hall–Kier alpha value is -1.10. The first kappa shape index (κ1) is 16.3. The number of carbonyl (C=O) groups excluding carboxylic acids is 1. The Bertz CT molecular complexity index is 472. The standard InChI is InChI=1S/C16H23ClN2O2/c1-12(4-3-9-19-10-15(20)11-19)18(2)16(21)13-5-7-14(17)8-6-13/h5-8,12,15,20H,3-4,9-11H2,1-2H3. The van der Waals surface area contributed by atoms with Crippen molar-refractivity contribution in [3.63, 3.8) is 0 Å². The lowest BCUT2D eigenvalue weighted by Crippen LogP contribution is -2.50. The maximum absolute atomic E-state index is 12.3. The summed E-state index contributed by atoms with van der Waals surface area (Å²) in [6.45, 7) is 4.63. The van der Waals surface area contributed by atoms with E-state index in [4.69, 9.17) is 11.6 Å². The highest BCUT2D eigenvalue weighted by molar-refractivity contribution is 6.30. The van der Waals surface area contributed by atoms with Gasteiger partial charge in [-0.15, -0.1) is 0 Å². The van der Waals surface area contributed by atoms with E-state index >= 15 is 0 Å². The summed E-state index contributed by atoms with van der Waals surface area (Å²) in [4.78, 5) is 16.4. The van der Waals surface area contributed by atoms with Gasteiger partial charge in [0.1, 0.15) is 0 Å². The van der Waals surface area contributed by atoms with E-state index < -0.39 is 0 Å². The van der Waals surface area contributed by atoms with Gasteiger partial charge in [0.25, 0.3) is 5.91 Å². The second-order valence-corrected chi connectivity index (χ2v) is 6.26. The quantitative estimate of drug-likeness (QED) is 0.876. The molecule has 21 heavy (non-hydrogen) atoms. The summed E-state index contributed by atoms with van der Waals surface area (Å²) < 4.78 is 0. The second-order valence-electron chi connectivity index (χ2n) is 5.83. The van der Waals surface area contributed by atoms with E-state index in [0.717, 1.165) is 32.5 Å². The van der Waals surface area contributed by atoms with Crippen LogP contribution in [0.1, 0.15) is 30.1 Å². The number of aliphatic hydroxyl groups is 1. The topological polar surface area (TPSA) is 43.8 Å². The molecule has 0 spiro atoms. The number of rotatable bonds is 6. The van der Waals surface area contributed by atoms with Gasteiger partial charge in [-0.3, -0.25) is 9.69 Å². The molecule has 0 aliphatic carbocycles. The molecule has 1 aromatic rings. The van der Waals surface area contributed by atoms with Crippen molar-refractivity contribution < 1.29 is 9.90 Å². The van der Waals surface area contributed by atoms with Crippen molar-refractivity contribution >= 4 is 17.5 Å². The Morgan fingerprint density at radius 3 is 2.62 bits per heavy atom. The number of β-amino-alcohol motifs (C(OH)–C–C–N with tert-alkyl or cyclic N) is 1. The number of carbonyl (C=O) groups is 1. The van der Waals surface area contributed by atoms with E-state index in [-0.39, 0.29) is 18.1 Å². The van der Waals surface area contributed by atoms with Crippen LogP contribution in [0, 0.1) is 0 Å². The molecule has 1 N–H and O–H groups in total. The minimum atomic E-state index is -0.142. The van der Waals surface area contributed by atoms with Gasteiger partial charge in [-0.2, -0.15) is 0 Å². The molecule has 1 unspecified atom stereocenters. The lowest BCUT2D eigenvalue weighted by atomic mass is 10.1. The van der Waals surface area contributed by atoms with Crippen molar-refractivity contribution in [2.24, 2.45) is 0 Å². The van der Waals surface area contributed by atoms with E-state index in [1.165, 1.54) is 0 Å². The van der Waals surface area contributed by atoms with E-state index in [9.17, 15) is 9.90 Å². The molecule has 1 aliphatic heterocycles. The zero-order chi connectivity index (χ0) is 15.4. The molecule has 5 heteroatoms. The third kappa shape index (κ3) is 4.43. The van der Waals surface area contributed by atoms with Crippen LogP contribution < -0.4 is 0 Å². The minimum Gasteiger partial charge on any atom is -0.390 e. The summed E-state index contributed by atoms with van der Waals surface area (Å²) in [5.41, 5.74) is 0.666. The smallest absolute Gasteiger partial charge is 0.253 e. The number of nitrogens with zero attached hydrogens (tertiary/aromatic N) is 2. The average Bonchev–Trinajstić information content (AvgIpc) is 2.44. The van der Waals surface area contributed by atoms with Gasteiger partial charge in [-0.1, -0.05) is 11.6 Å². The summed E-state index contributed by atoms with van der Waals surface area (Å²) >= 11 is 5.84. The second kappa shape index (κ2) is 7.25. The Kier molecular flexibility index (Phi) is 5.62. The normalized spacial score (nSPS) is 17.3.